The summed E-state index contributed by atoms with van der Waals surface area (Å²) in [4.78, 5) is 57.0. The number of ether oxygens (including phenoxy) is 2. The minimum atomic E-state index is -1.55. The summed E-state index contributed by atoms with van der Waals surface area (Å²) in [5, 5.41) is 20.5. The number of thioether (sulfide) groups is 2. The SMILES string of the molecule is CSCCN(Cc1ccc(Oc2ccccc2)cc1)C(=O)C1C(C(=O)O)C(C(=O)O)C1C(=O)N(CCSC)Cc1ccc(Oc2ccccc2)cc1. The molecule has 2 amide bonds. The molecule has 12 heteroatoms. The number of benzene rings is 4. The lowest BCUT2D eigenvalue weighted by atomic mass is 9.55. The lowest BCUT2D eigenvalue weighted by Gasteiger charge is -2.48. The number of carbonyl (C=O) groups is 4. The number of aliphatic carboxylic acids is 2. The molecule has 4 aromatic rings. The number of carboxylic acids is 2. The third-order valence-corrected chi connectivity index (χ3v) is 10.2. The molecule has 0 aromatic heterocycles. The Labute approximate surface area is 312 Å². The van der Waals surface area contributed by atoms with E-state index in [9.17, 15) is 29.4 Å². The average molecular weight is 743 g/mol. The van der Waals surface area contributed by atoms with Crippen molar-refractivity contribution < 1.29 is 38.9 Å². The fourth-order valence-corrected chi connectivity index (χ4v) is 7.16. The Morgan fingerprint density at radius 1 is 0.519 bits per heavy atom. The summed E-state index contributed by atoms with van der Waals surface area (Å²) in [7, 11) is 0. The van der Waals surface area contributed by atoms with Crippen LogP contribution in [0.4, 0.5) is 0 Å². The molecule has 2 N–H and O–H groups in total. The third-order valence-electron chi connectivity index (χ3n) is 8.99. The van der Waals surface area contributed by atoms with Gasteiger partial charge in [-0.3, -0.25) is 19.2 Å². The summed E-state index contributed by atoms with van der Waals surface area (Å²) in [5.41, 5.74) is 1.56. The van der Waals surface area contributed by atoms with Crippen LogP contribution in [-0.2, 0) is 32.3 Å². The van der Waals surface area contributed by atoms with Gasteiger partial charge in [-0.2, -0.15) is 23.5 Å². The summed E-state index contributed by atoms with van der Waals surface area (Å²) in [6.07, 6.45) is 3.80. The van der Waals surface area contributed by atoms with Gasteiger partial charge in [-0.1, -0.05) is 60.7 Å². The van der Waals surface area contributed by atoms with E-state index in [2.05, 4.69) is 0 Å². The largest absolute Gasteiger partial charge is 0.481 e. The van der Waals surface area contributed by atoms with Crippen LogP contribution in [-0.4, -0.2) is 80.9 Å². The smallest absolute Gasteiger partial charge is 0.308 e. The number of hydrogen-bond donors (Lipinski definition) is 2. The first-order chi connectivity index (χ1) is 25.2. The molecule has 0 heterocycles. The van der Waals surface area contributed by atoms with Gasteiger partial charge in [-0.25, -0.2) is 0 Å². The predicted octanol–water partition coefficient (Wildman–Crippen LogP) is 7.00. The van der Waals surface area contributed by atoms with E-state index in [0.717, 1.165) is 11.1 Å². The second-order valence-corrected chi connectivity index (χ2v) is 14.4. The monoisotopic (exact) mass is 742 g/mol. The maximum atomic E-state index is 14.4. The second-order valence-electron chi connectivity index (χ2n) is 12.4. The fourth-order valence-electron chi connectivity index (χ4n) is 6.35. The van der Waals surface area contributed by atoms with E-state index in [-0.39, 0.29) is 26.2 Å². The number of carboxylic acid groups (broad SMARTS) is 2. The molecular formula is C40H42N2O8S2. The molecule has 4 atom stereocenters. The normalized spacial score (nSPS) is 17.7. The molecule has 5 rings (SSSR count). The van der Waals surface area contributed by atoms with Gasteiger partial charge in [0.1, 0.15) is 23.0 Å². The van der Waals surface area contributed by atoms with Crippen molar-refractivity contribution in [3.05, 3.63) is 120 Å². The number of amides is 2. The van der Waals surface area contributed by atoms with Crippen LogP contribution in [0.5, 0.6) is 23.0 Å². The minimum absolute atomic E-state index is 0.153. The highest BCUT2D eigenvalue weighted by molar-refractivity contribution is 7.98. The summed E-state index contributed by atoms with van der Waals surface area (Å²) in [6.45, 7) is 0.884. The summed E-state index contributed by atoms with van der Waals surface area (Å²) < 4.78 is 11.8. The van der Waals surface area contributed by atoms with Crippen LogP contribution in [0.2, 0.25) is 0 Å². The Morgan fingerprint density at radius 3 is 1.15 bits per heavy atom. The van der Waals surface area contributed by atoms with Gasteiger partial charge < -0.3 is 29.5 Å². The molecule has 0 bridgehead atoms. The number of nitrogens with zero attached hydrogens (tertiary/aromatic N) is 2. The van der Waals surface area contributed by atoms with Crippen molar-refractivity contribution in [3.63, 3.8) is 0 Å². The molecular weight excluding hydrogens is 701 g/mol. The molecule has 0 saturated heterocycles. The van der Waals surface area contributed by atoms with E-state index < -0.39 is 47.4 Å². The maximum absolute atomic E-state index is 14.4. The van der Waals surface area contributed by atoms with Crippen molar-refractivity contribution in [2.45, 2.75) is 13.1 Å². The van der Waals surface area contributed by atoms with Crippen molar-refractivity contribution in [1.29, 1.82) is 0 Å². The van der Waals surface area contributed by atoms with Crippen LogP contribution in [0, 0.1) is 23.7 Å². The third kappa shape index (κ3) is 9.68. The molecule has 1 fully saturated rings. The number of hydrogen-bond acceptors (Lipinski definition) is 8. The standard InChI is InChI=1S/C40H42N2O8S2/c1-51-23-21-41(25-27-13-17-31(18-14-27)49-29-9-5-3-6-10-29)37(43)33-34(36(40(47)48)35(33)39(45)46)38(44)42(22-24-52-2)26-28-15-19-32(20-16-28)50-30-11-7-4-8-12-30/h3-20,33-36H,21-26H2,1-2H3,(H,45,46)(H,47,48). The van der Waals surface area contributed by atoms with E-state index in [1.54, 1.807) is 34.1 Å². The van der Waals surface area contributed by atoms with E-state index >= 15 is 0 Å². The zero-order valence-electron chi connectivity index (χ0n) is 29.0. The van der Waals surface area contributed by atoms with Crippen LogP contribution in [0.15, 0.2) is 109 Å². The Hall–Kier alpha value is -4.94. The zero-order valence-corrected chi connectivity index (χ0v) is 30.6. The molecule has 0 radical (unpaired) electrons. The van der Waals surface area contributed by atoms with Crippen molar-refractivity contribution in [1.82, 2.24) is 9.80 Å². The first-order valence-corrected chi connectivity index (χ1v) is 19.6. The molecule has 4 unspecified atom stereocenters. The average Bonchev–Trinajstić information content (AvgIpc) is 3.13. The van der Waals surface area contributed by atoms with Crippen LogP contribution in [0.3, 0.4) is 0 Å². The molecule has 10 nitrogen and oxygen atoms in total. The molecule has 1 aliphatic carbocycles. The van der Waals surface area contributed by atoms with Crippen molar-refractivity contribution in [2.24, 2.45) is 23.7 Å². The highest BCUT2D eigenvalue weighted by Crippen LogP contribution is 2.49. The number of carbonyl (C=O) groups excluding carboxylic acids is 2. The van der Waals surface area contributed by atoms with E-state index in [0.29, 0.717) is 34.5 Å². The molecule has 4 aromatic carbocycles. The second kappa shape index (κ2) is 18.5. The van der Waals surface area contributed by atoms with Crippen molar-refractivity contribution in [3.8, 4) is 23.0 Å². The van der Waals surface area contributed by atoms with Gasteiger partial charge >= 0.3 is 11.9 Å². The summed E-state index contributed by atoms with van der Waals surface area (Å²) in [6, 6.07) is 33.1. The molecule has 1 saturated carbocycles. The first-order valence-electron chi connectivity index (χ1n) is 16.8. The fraction of sp³-hybridized carbons (Fsp3) is 0.300. The van der Waals surface area contributed by atoms with Crippen molar-refractivity contribution in [2.75, 3.05) is 37.1 Å². The van der Waals surface area contributed by atoms with E-state index in [4.69, 9.17) is 9.47 Å². The molecule has 0 aliphatic heterocycles. The quantitative estimate of drug-likeness (QED) is 0.110. The molecule has 0 spiro atoms. The van der Waals surface area contributed by atoms with Crippen LogP contribution in [0.1, 0.15) is 11.1 Å². The number of rotatable bonds is 18. The highest BCUT2D eigenvalue weighted by Gasteiger charge is 2.64. The zero-order chi connectivity index (χ0) is 37.0. The van der Waals surface area contributed by atoms with Gasteiger partial charge in [0.15, 0.2) is 0 Å². The van der Waals surface area contributed by atoms with Crippen molar-refractivity contribution >= 4 is 47.3 Å². The predicted molar refractivity (Wildman–Crippen MR) is 203 cm³/mol. The number of para-hydroxylation sites is 2. The Balaban J connectivity index is 1.37. The van der Waals surface area contributed by atoms with Crippen LogP contribution < -0.4 is 9.47 Å². The van der Waals surface area contributed by atoms with E-state index in [1.807, 2.05) is 97.4 Å². The van der Waals surface area contributed by atoms with Gasteiger partial charge in [0.05, 0.1) is 23.7 Å². The van der Waals surface area contributed by atoms with Gasteiger partial charge in [0, 0.05) is 37.7 Å². The van der Waals surface area contributed by atoms with Gasteiger partial charge in [-0.05, 0) is 72.2 Å². The van der Waals surface area contributed by atoms with Crippen LogP contribution in [0.25, 0.3) is 0 Å². The summed E-state index contributed by atoms with van der Waals surface area (Å²) in [5.74, 6) is -5.97. The molecule has 1 aliphatic rings. The topological polar surface area (TPSA) is 134 Å². The molecule has 52 heavy (non-hydrogen) atoms. The maximum Gasteiger partial charge on any atom is 0.308 e. The first kappa shape index (κ1) is 38.3. The summed E-state index contributed by atoms with van der Waals surface area (Å²) >= 11 is 3.05. The Kier molecular flexibility index (Phi) is 13.6. The minimum Gasteiger partial charge on any atom is -0.481 e. The van der Waals surface area contributed by atoms with Gasteiger partial charge in [0.2, 0.25) is 11.8 Å². The van der Waals surface area contributed by atoms with Crippen LogP contribution >= 0.6 is 23.5 Å². The lowest BCUT2D eigenvalue weighted by Crippen LogP contribution is -2.64. The highest BCUT2D eigenvalue weighted by atomic mass is 32.2. The van der Waals surface area contributed by atoms with Gasteiger partial charge in [-0.15, -0.1) is 0 Å². The van der Waals surface area contributed by atoms with Gasteiger partial charge in [0.25, 0.3) is 0 Å². The Morgan fingerprint density at radius 2 is 0.846 bits per heavy atom. The molecule has 272 valence electrons. The Bertz CT molecular complexity index is 1660. The van der Waals surface area contributed by atoms with E-state index in [1.165, 1.54) is 23.5 Å². The lowest BCUT2D eigenvalue weighted by molar-refractivity contribution is -0.187.